The van der Waals surface area contributed by atoms with E-state index in [4.69, 9.17) is 0 Å². The van der Waals surface area contributed by atoms with E-state index in [0.29, 0.717) is 5.56 Å². The molecule has 27 heavy (non-hydrogen) atoms. The molecule has 0 heterocycles. The van der Waals surface area contributed by atoms with Crippen molar-refractivity contribution in [3.05, 3.63) is 53.6 Å². The summed E-state index contributed by atoms with van der Waals surface area (Å²) in [5, 5.41) is 22.1. The van der Waals surface area contributed by atoms with Crippen LogP contribution in [0.15, 0.2) is 42.5 Å². The molecule has 0 fully saturated rings. The van der Waals surface area contributed by atoms with Gasteiger partial charge >= 0.3 is 0 Å². The number of phenols is 2. The molecule has 0 atom stereocenters. The Morgan fingerprint density at radius 1 is 0.815 bits per heavy atom. The number of carbonyl (C=O) groups is 1. The van der Waals surface area contributed by atoms with Gasteiger partial charge in [-0.05, 0) is 42.7 Å². The largest absolute Gasteiger partial charge is 0.506 e. The molecular weight excluding hydrogens is 338 g/mol. The van der Waals surface area contributed by atoms with Gasteiger partial charge in [-0.3, -0.25) is 4.79 Å². The molecule has 0 aliphatic rings. The van der Waals surface area contributed by atoms with Crippen LogP contribution in [0.1, 0.15) is 74.2 Å². The fraction of sp³-hybridized carbons (Fsp3) is 0.435. The molecule has 0 aromatic heterocycles. The molecule has 0 radical (unpaired) electrons. The highest BCUT2D eigenvalue weighted by atomic mass is 16.3. The predicted octanol–water partition coefficient (Wildman–Crippen LogP) is 6.03. The van der Waals surface area contributed by atoms with Crippen molar-refractivity contribution in [2.24, 2.45) is 0 Å². The number of nitrogens with one attached hydrogen (secondary N) is 1. The number of hydrogen-bond donors (Lipinski definition) is 3. The highest BCUT2D eigenvalue weighted by Gasteiger charge is 2.12. The van der Waals surface area contributed by atoms with Gasteiger partial charge in [0, 0.05) is 5.56 Å². The lowest BCUT2D eigenvalue weighted by Crippen LogP contribution is -2.12. The average molecular weight is 370 g/mol. The second-order valence-corrected chi connectivity index (χ2v) is 7.05. The molecule has 1 amide bonds. The Hall–Kier alpha value is -2.49. The first kappa shape index (κ1) is 20.8. The molecule has 4 heteroatoms. The molecule has 3 N–H and O–H groups in total. The van der Waals surface area contributed by atoms with Gasteiger partial charge < -0.3 is 15.5 Å². The molecule has 0 saturated heterocycles. The molecule has 0 aliphatic carbocycles. The molecule has 146 valence electrons. The second kappa shape index (κ2) is 11.3. The summed E-state index contributed by atoms with van der Waals surface area (Å²) in [5.74, 6) is -0.672. The van der Waals surface area contributed by atoms with E-state index >= 15 is 0 Å². The minimum absolute atomic E-state index is 0.0329. The van der Waals surface area contributed by atoms with Crippen molar-refractivity contribution in [2.75, 3.05) is 5.32 Å². The van der Waals surface area contributed by atoms with Crippen LogP contribution in [0, 0.1) is 0 Å². The number of para-hydroxylation sites is 1. The maximum atomic E-state index is 12.3. The summed E-state index contributed by atoms with van der Waals surface area (Å²) in [6.45, 7) is 2.24. The smallest absolute Gasteiger partial charge is 0.255 e. The second-order valence-electron chi connectivity index (χ2n) is 7.05. The third kappa shape index (κ3) is 6.97. The quantitative estimate of drug-likeness (QED) is 0.334. The molecule has 0 aliphatic heterocycles. The van der Waals surface area contributed by atoms with Crippen LogP contribution < -0.4 is 5.32 Å². The molecule has 2 aromatic carbocycles. The van der Waals surface area contributed by atoms with Gasteiger partial charge in [-0.25, -0.2) is 0 Å². The normalized spacial score (nSPS) is 10.7. The standard InChI is InChI=1S/C23H31NO3/c1-2-3-4-5-6-7-8-9-11-18-14-16-19(17-15-18)23(27)24-22-20(25)12-10-13-21(22)26/h10,12-17,25-26H,2-9,11H2,1H3,(H,24,27). The van der Waals surface area contributed by atoms with Crippen LogP contribution in [0.4, 0.5) is 5.69 Å². The van der Waals surface area contributed by atoms with Crippen LogP contribution in [0.3, 0.4) is 0 Å². The van der Waals surface area contributed by atoms with Crippen molar-refractivity contribution < 1.29 is 15.0 Å². The van der Waals surface area contributed by atoms with Crippen molar-refractivity contribution >= 4 is 11.6 Å². The number of rotatable bonds is 11. The van der Waals surface area contributed by atoms with Crippen LogP contribution in [0.5, 0.6) is 11.5 Å². The average Bonchev–Trinajstić information content (AvgIpc) is 2.67. The molecule has 0 spiro atoms. The van der Waals surface area contributed by atoms with Gasteiger partial charge in [0.2, 0.25) is 0 Å². The Kier molecular flexibility index (Phi) is 8.69. The monoisotopic (exact) mass is 369 g/mol. The molecule has 2 aromatic rings. The molecular formula is C23H31NO3. The summed E-state index contributed by atoms with van der Waals surface area (Å²) in [4.78, 5) is 12.3. The number of aromatic hydroxyl groups is 2. The van der Waals surface area contributed by atoms with Crippen LogP contribution in [0.25, 0.3) is 0 Å². The first-order valence-electron chi connectivity index (χ1n) is 10.0. The van der Waals surface area contributed by atoms with Gasteiger partial charge in [-0.1, -0.05) is 70.1 Å². The Balaban J connectivity index is 1.75. The minimum Gasteiger partial charge on any atom is -0.506 e. The van der Waals surface area contributed by atoms with Crippen molar-refractivity contribution in [3.8, 4) is 11.5 Å². The zero-order chi connectivity index (χ0) is 19.5. The lowest BCUT2D eigenvalue weighted by Gasteiger charge is -2.09. The van der Waals surface area contributed by atoms with E-state index < -0.39 is 0 Å². The van der Waals surface area contributed by atoms with E-state index in [-0.39, 0.29) is 23.1 Å². The maximum absolute atomic E-state index is 12.3. The molecule has 0 unspecified atom stereocenters. The number of aryl methyl sites for hydroxylation is 1. The molecule has 0 saturated carbocycles. The van der Waals surface area contributed by atoms with Crippen LogP contribution in [0.2, 0.25) is 0 Å². The van der Waals surface area contributed by atoms with Gasteiger partial charge in [-0.2, -0.15) is 0 Å². The van der Waals surface area contributed by atoms with Crippen molar-refractivity contribution in [1.82, 2.24) is 0 Å². The van der Waals surface area contributed by atoms with Gasteiger partial charge in [0.05, 0.1) is 0 Å². The Bertz CT molecular complexity index is 690. The minimum atomic E-state index is -0.356. The SMILES string of the molecule is CCCCCCCCCCc1ccc(C(=O)Nc2c(O)cccc2O)cc1. The third-order valence-corrected chi connectivity index (χ3v) is 4.79. The zero-order valence-electron chi connectivity index (χ0n) is 16.2. The van der Waals surface area contributed by atoms with Gasteiger partial charge in [0.15, 0.2) is 0 Å². The number of phenolic OH excluding ortho intramolecular Hbond substituents is 2. The maximum Gasteiger partial charge on any atom is 0.255 e. The van der Waals surface area contributed by atoms with E-state index in [0.717, 1.165) is 6.42 Å². The number of anilines is 1. The zero-order valence-corrected chi connectivity index (χ0v) is 16.2. The molecule has 0 bridgehead atoms. The Morgan fingerprint density at radius 2 is 1.37 bits per heavy atom. The summed E-state index contributed by atoms with van der Waals surface area (Å²) < 4.78 is 0. The van der Waals surface area contributed by atoms with Gasteiger partial charge in [0.1, 0.15) is 17.2 Å². The lowest BCUT2D eigenvalue weighted by atomic mass is 10.0. The van der Waals surface area contributed by atoms with Gasteiger partial charge in [-0.15, -0.1) is 0 Å². The third-order valence-electron chi connectivity index (χ3n) is 4.79. The topological polar surface area (TPSA) is 69.6 Å². The van der Waals surface area contributed by atoms with Crippen LogP contribution in [-0.4, -0.2) is 16.1 Å². The predicted molar refractivity (Wildman–Crippen MR) is 110 cm³/mol. The van der Waals surface area contributed by atoms with Crippen LogP contribution >= 0.6 is 0 Å². The first-order chi connectivity index (χ1) is 13.1. The summed E-state index contributed by atoms with van der Waals surface area (Å²) in [6, 6.07) is 11.9. The van der Waals surface area contributed by atoms with E-state index in [1.807, 2.05) is 12.1 Å². The van der Waals surface area contributed by atoms with Gasteiger partial charge in [0.25, 0.3) is 5.91 Å². The first-order valence-corrected chi connectivity index (χ1v) is 10.0. The molecule has 4 nitrogen and oxygen atoms in total. The van der Waals surface area contributed by atoms with Crippen molar-refractivity contribution in [3.63, 3.8) is 0 Å². The number of unbranched alkanes of at least 4 members (excludes halogenated alkanes) is 7. The van der Waals surface area contributed by atoms with Crippen molar-refractivity contribution in [1.29, 1.82) is 0 Å². The van der Waals surface area contributed by atoms with Crippen LogP contribution in [-0.2, 0) is 6.42 Å². The van der Waals surface area contributed by atoms with E-state index in [1.54, 1.807) is 12.1 Å². The fourth-order valence-corrected chi connectivity index (χ4v) is 3.13. The summed E-state index contributed by atoms with van der Waals surface area (Å²) in [5.41, 5.74) is 1.76. The highest BCUT2D eigenvalue weighted by Crippen LogP contribution is 2.32. The fourth-order valence-electron chi connectivity index (χ4n) is 3.13. The number of hydrogen-bond acceptors (Lipinski definition) is 3. The number of amides is 1. The highest BCUT2D eigenvalue weighted by molar-refractivity contribution is 6.05. The van der Waals surface area contributed by atoms with Crippen molar-refractivity contribution in [2.45, 2.75) is 64.7 Å². The van der Waals surface area contributed by atoms with E-state index in [2.05, 4.69) is 12.2 Å². The lowest BCUT2D eigenvalue weighted by molar-refractivity contribution is 0.102. The molecule has 2 rings (SSSR count). The summed E-state index contributed by atoms with van der Waals surface area (Å²) in [7, 11) is 0. The number of benzene rings is 2. The Morgan fingerprint density at radius 3 is 1.96 bits per heavy atom. The summed E-state index contributed by atoms with van der Waals surface area (Å²) in [6.07, 6.45) is 11.4. The number of carbonyl (C=O) groups excluding carboxylic acids is 1. The summed E-state index contributed by atoms with van der Waals surface area (Å²) >= 11 is 0. The Labute approximate surface area is 162 Å². The van der Waals surface area contributed by atoms with E-state index in [1.165, 1.54) is 75.1 Å². The van der Waals surface area contributed by atoms with E-state index in [9.17, 15) is 15.0 Å².